The maximum Gasteiger partial charge on any atom is 0.124 e. The third kappa shape index (κ3) is 2.72. The largest absolute Gasteiger partial charge is 0.494 e. The fourth-order valence-corrected chi connectivity index (χ4v) is 2.33. The highest BCUT2D eigenvalue weighted by atomic mass is 16.5. The Morgan fingerprint density at radius 1 is 1.41 bits per heavy atom. The minimum atomic E-state index is 0.268. The summed E-state index contributed by atoms with van der Waals surface area (Å²) in [6, 6.07) is 6.46. The predicted molar refractivity (Wildman–Crippen MR) is 68.7 cm³/mol. The Bertz CT molecular complexity index is 378. The molecule has 0 radical (unpaired) electrons. The van der Waals surface area contributed by atoms with E-state index in [1.54, 1.807) is 0 Å². The molecule has 2 atom stereocenters. The molecule has 0 aliphatic carbocycles. The van der Waals surface area contributed by atoms with Gasteiger partial charge in [0.05, 0.1) is 12.7 Å². The van der Waals surface area contributed by atoms with Gasteiger partial charge in [-0.15, -0.1) is 0 Å². The van der Waals surface area contributed by atoms with Crippen molar-refractivity contribution in [3.05, 3.63) is 23.8 Å². The lowest BCUT2D eigenvalue weighted by Gasteiger charge is -2.31. The lowest BCUT2D eigenvalue weighted by atomic mass is 9.97. The summed E-state index contributed by atoms with van der Waals surface area (Å²) in [6.45, 7) is 7.91. The molecular formula is C14H21NO2. The van der Waals surface area contributed by atoms with Crippen molar-refractivity contribution in [2.45, 2.75) is 39.3 Å². The zero-order valence-electron chi connectivity index (χ0n) is 10.8. The first kappa shape index (κ1) is 12.2. The molecule has 1 aromatic rings. The first-order valence-corrected chi connectivity index (χ1v) is 6.41. The first-order valence-electron chi connectivity index (χ1n) is 6.41. The van der Waals surface area contributed by atoms with E-state index in [1.807, 2.05) is 19.1 Å². The van der Waals surface area contributed by atoms with E-state index in [0.717, 1.165) is 24.5 Å². The van der Waals surface area contributed by atoms with E-state index in [9.17, 15) is 0 Å². The molecule has 0 spiro atoms. The Hall–Kier alpha value is -1.22. The SMILES string of the molecule is CCNC1CC(C)Oc2ccc(OCC)cc21. The molecule has 3 heteroatoms. The van der Waals surface area contributed by atoms with Gasteiger partial charge in [-0.25, -0.2) is 0 Å². The van der Waals surface area contributed by atoms with E-state index >= 15 is 0 Å². The standard InChI is InChI=1S/C14H21NO2/c1-4-15-13-8-10(3)17-14-7-6-11(16-5-2)9-12(13)14/h6-7,9-10,13,15H,4-5,8H2,1-3H3. The van der Waals surface area contributed by atoms with Crippen LogP contribution >= 0.6 is 0 Å². The van der Waals surface area contributed by atoms with Crippen molar-refractivity contribution in [3.8, 4) is 11.5 Å². The van der Waals surface area contributed by atoms with Gasteiger partial charge in [-0.3, -0.25) is 0 Å². The third-order valence-corrected chi connectivity index (χ3v) is 3.01. The monoisotopic (exact) mass is 235 g/mol. The zero-order valence-corrected chi connectivity index (χ0v) is 10.8. The maximum atomic E-state index is 5.85. The molecule has 1 aliphatic heterocycles. The van der Waals surface area contributed by atoms with Crippen molar-refractivity contribution >= 4 is 0 Å². The van der Waals surface area contributed by atoms with Crippen LogP contribution in [0.5, 0.6) is 11.5 Å². The topological polar surface area (TPSA) is 30.5 Å². The highest BCUT2D eigenvalue weighted by Gasteiger charge is 2.25. The summed E-state index contributed by atoms with van der Waals surface area (Å²) in [5.41, 5.74) is 1.22. The first-order chi connectivity index (χ1) is 8.24. The van der Waals surface area contributed by atoms with Crippen molar-refractivity contribution in [2.75, 3.05) is 13.2 Å². The van der Waals surface area contributed by atoms with E-state index in [2.05, 4.69) is 25.2 Å². The fourth-order valence-electron chi connectivity index (χ4n) is 2.33. The van der Waals surface area contributed by atoms with E-state index in [1.165, 1.54) is 5.56 Å². The van der Waals surface area contributed by atoms with Crippen LogP contribution in [0.1, 0.15) is 38.8 Å². The van der Waals surface area contributed by atoms with Gasteiger partial charge >= 0.3 is 0 Å². The average molecular weight is 235 g/mol. The second-order valence-corrected chi connectivity index (χ2v) is 4.41. The lowest BCUT2D eigenvalue weighted by Crippen LogP contribution is -2.31. The summed E-state index contributed by atoms with van der Waals surface area (Å²) in [6.07, 6.45) is 1.28. The van der Waals surface area contributed by atoms with Crippen LogP contribution in [0.25, 0.3) is 0 Å². The molecule has 1 heterocycles. The highest BCUT2D eigenvalue weighted by molar-refractivity contribution is 5.43. The number of hydrogen-bond acceptors (Lipinski definition) is 3. The third-order valence-electron chi connectivity index (χ3n) is 3.01. The van der Waals surface area contributed by atoms with Crippen LogP contribution in [-0.4, -0.2) is 19.3 Å². The van der Waals surface area contributed by atoms with Crippen molar-refractivity contribution in [3.63, 3.8) is 0 Å². The average Bonchev–Trinajstić information content (AvgIpc) is 2.30. The van der Waals surface area contributed by atoms with Crippen LogP contribution in [0, 0.1) is 0 Å². The number of fused-ring (bicyclic) bond motifs is 1. The molecular weight excluding hydrogens is 214 g/mol. The Balaban J connectivity index is 2.28. The van der Waals surface area contributed by atoms with Gasteiger partial charge in [0.25, 0.3) is 0 Å². The van der Waals surface area contributed by atoms with Crippen LogP contribution < -0.4 is 14.8 Å². The van der Waals surface area contributed by atoms with Gasteiger partial charge in [-0.05, 0) is 38.6 Å². The summed E-state index contributed by atoms with van der Waals surface area (Å²) >= 11 is 0. The number of benzene rings is 1. The van der Waals surface area contributed by atoms with Gasteiger partial charge in [0.1, 0.15) is 11.5 Å². The number of hydrogen-bond donors (Lipinski definition) is 1. The van der Waals surface area contributed by atoms with Gasteiger partial charge < -0.3 is 14.8 Å². The van der Waals surface area contributed by atoms with Gasteiger partial charge in [-0.1, -0.05) is 6.92 Å². The molecule has 0 fully saturated rings. The zero-order chi connectivity index (χ0) is 12.3. The minimum Gasteiger partial charge on any atom is -0.494 e. The summed E-state index contributed by atoms with van der Waals surface area (Å²) in [5.74, 6) is 1.91. The molecule has 0 aromatic heterocycles. The molecule has 2 unspecified atom stereocenters. The number of rotatable bonds is 4. The van der Waals surface area contributed by atoms with Crippen molar-refractivity contribution in [1.29, 1.82) is 0 Å². The van der Waals surface area contributed by atoms with E-state index in [4.69, 9.17) is 9.47 Å². The minimum absolute atomic E-state index is 0.268. The van der Waals surface area contributed by atoms with Crippen molar-refractivity contribution in [1.82, 2.24) is 5.32 Å². The normalized spacial score (nSPS) is 22.8. The molecule has 2 rings (SSSR count). The van der Waals surface area contributed by atoms with Crippen molar-refractivity contribution in [2.24, 2.45) is 0 Å². The van der Waals surface area contributed by atoms with E-state index in [-0.39, 0.29) is 6.10 Å². The quantitative estimate of drug-likeness (QED) is 0.870. The summed E-state index contributed by atoms with van der Waals surface area (Å²) in [7, 11) is 0. The lowest BCUT2D eigenvalue weighted by molar-refractivity contribution is 0.166. The maximum absolute atomic E-state index is 5.85. The fraction of sp³-hybridized carbons (Fsp3) is 0.571. The van der Waals surface area contributed by atoms with Crippen LogP contribution in [0.15, 0.2) is 18.2 Å². The molecule has 1 aliphatic rings. The molecule has 0 bridgehead atoms. The Kier molecular flexibility index (Phi) is 3.89. The van der Waals surface area contributed by atoms with Crippen molar-refractivity contribution < 1.29 is 9.47 Å². The van der Waals surface area contributed by atoms with Crippen LogP contribution in [0.3, 0.4) is 0 Å². The van der Waals surface area contributed by atoms with Crippen LogP contribution in [0.2, 0.25) is 0 Å². The smallest absolute Gasteiger partial charge is 0.124 e. The molecule has 3 nitrogen and oxygen atoms in total. The summed E-state index contributed by atoms with van der Waals surface area (Å²) < 4.78 is 11.4. The second-order valence-electron chi connectivity index (χ2n) is 4.41. The Morgan fingerprint density at radius 3 is 2.94 bits per heavy atom. The van der Waals surface area contributed by atoms with Crippen LogP contribution in [-0.2, 0) is 0 Å². The van der Waals surface area contributed by atoms with Gasteiger partial charge in [-0.2, -0.15) is 0 Å². The van der Waals surface area contributed by atoms with Crippen LogP contribution in [0.4, 0.5) is 0 Å². The Morgan fingerprint density at radius 2 is 2.24 bits per heavy atom. The molecule has 0 saturated carbocycles. The number of ether oxygens (including phenoxy) is 2. The molecule has 1 aromatic carbocycles. The predicted octanol–water partition coefficient (Wildman–Crippen LogP) is 2.91. The number of nitrogens with one attached hydrogen (secondary N) is 1. The van der Waals surface area contributed by atoms with Gasteiger partial charge in [0.15, 0.2) is 0 Å². The van der Waals surface area contributed by atoms with Gasteiger partial charge in [0, 0.05) is 18.0 Å². The highest BCUT2D eigenvalue weighted by Crippen LogP contribution is 2.36. The molecule has 17 heavy (non-hydrogen) atoms. The summed E-state index contributed by atoms with van der Waals surface area (Å²) in [5, 5.41) is 3.50. The Labute approximate surface area is 103 Å². The molecule has 0 amide bonds. The van der Waals surface area contributed by atoms with E-state index in [0.29, 0.717) is 12.6 Å². The summed E-state index contributed by atoms with van der Waals surface area (Å²) in [4.78, 5) is 0. The molecule has 0 saturated heterocycles. The second kappa shape index (κ2) is 5.41. The van der Waals surface area contributed by atoms with Gasteiger partial charge in [0.2, 0.25) is 0 Å². The molecule has 94 valence electrons. The molecule has 1 N–H and O–H groups in total. The van der Waals surface area contributed by atoms with E-state index < -0.39 is 0 Å².